The third kappa shape index (κ3) is 6.49. The first kappa shape index (κ1) is 22.7. The fourth-order valence-electron chi connectivity index (χ4n) is 3.73. The first-order valence-corrected chi connectivity index (χ1v) is 10.2. The summed E-state index contributed by atoms with van der Waals surface area (Å²) in [4.78, 5) is 21.7. The van der Waals surface area contributed by atoms with Gasteiger partial charge in [0.1, 0.15) is 12.4 Å². The normalized spacial score (nSPS) is 16.6. The van der Waals surface area contributed by atoms with Crippen LogP contribution in [-0.2, 0) is 22.4 Å². The molecule has 2 heterocycles. The van der Waals surface area contributed by atoms with Crippen molar-refractivity contribution in [1.82, 2.24) is 5.32 Å². The minimum atomic E-state index is -1.26. The molecule has 1 aromatic carbocycles. The van der Waals surface area contributed by atoms with Gasteiger partial charge in [-0.15, -0.1) is 0 Å². The number of benzene rings is 1. The zero-order chi connectivity index (χ0) is 21.4. The number of carboxylic acids is 2. The molecule has 0 saturated heterocycles. The van der Waals surface area contributed by atoms with Crippen molar-refractivity contribution >= 4 is 17.6 Å². The zero-order valence-corrected chi connectivity index (χ0v) is 17.5. The molecular weight excluding hydrogens is 372 g/mol. The van der Waals surface area contributed by atoms with Crippen molar-refractivity contribution in [2.45, 2.75) is 40.0 Å². The number of anilines is 1. The second kappa shape index (κ2) is 10.9. The van der Waals surface area contributed by atoms with E-state index in [2.05, 4.69) is 37.1 Å². The van der Waals surface area contributed by atoms with Crippen LogP contribution in [0.1, 0.15) is 37.0 Å². The van der Waals surface area contributed by atoms with E-state index in [4.69, 9.17) is 14.9 Å². The molecule has 0 bridgehead atoms. The minimum absolute atomic E-state index is 0.558. The van der Waals surface area contributed by atoms with Gasteiger partial charge in [-0.05, 0) is 61.5 Å². The summed E-state index contributed by atoms with van der Waals surface area (Å²) in [7, 11) is 0. The van der Waals surface area contributed by atoms with Gasteiger partial charge < -0.3 is 25.2 Å². The quantitative estimate of drug-likeness (QED) is 0.649. The van der Waals surface area contributed by atoms with Crippen LogP contribution in [0.2, 0.25) is 0 Å². The molecule has 7 nitrogen and oxygen atoms in total. The summed E-state index contributed by atoms with van der Waals surface area (Å²) in [6.07, 6.45) is 4.62. The van der Waals surface area contributed by atoms with Crippen molar-refractivity contribution in [2.24, 2.45) is 5.92 Å². The molecule has 1 aromatic rings. The van der Waals surface area contributed by atoms with Gasteiger partial charge in [0.25, 0.3) is 0 Å². The van der Waals surface area contributed by atoms with Crippen molar-refractivity contribution in [1.29, 1.82) is 0 Å². The van der Waals surface area contributed by atoms with E-state index in [9.17, 15) is 9.59 Å². The maximum absolute atomic E-state index is 9.55. The van der Waals surface area contributed by atoms with Gasteiger partial charge in [0.15, 0.2) is 0 Å². The summed E-state index contributed by atoms with van der Waals surface area (Å²) >= 11 is 0. The number of fused-ring (bicyclic) bond motifs is 2. The van der Waals surface area contributed by atoms with Gasteiger partial charge in [-0.3, -0.25) is 0 Å². The number of nitrogens with zero attached hydrogens (tertiary/aromatic N) is 1. The number of hydrogen-bond donors (Lipinski definition) is 3. The Bertz CT molecular complexity index is 744. The summed E-state index contributed by atoms with van der Waals surface area (Å²) in [6, 6.07) is 2.31. The van der Waals surface area contributed by atoms with Gasteiger partial charge in [-0.25, -0.2) is 9.59 Å². The molecular formula is C22H32N2O5. The number of rotatable bonds is 5. The van der Waals surface area contributed by atoms with Crippen LogP contribution in [0, 0.1) is 12.8 Å². The highest BCUT2D eigenvalue weighted by Crippen LogP contribution is 2.39. The summed E-state index contributed by atoms with van der Waals surface area (Å²) in [5.41, 5.74) is 5.86. The highest BCUT2D eigenvalue weighted by atomic mass is 16.5. The van der Waals surface area contributed by atoms with Crippen molar-refractivity contribution in [2.75, 3.05) is 37.7 Å². The smallest absolute Gasteiger partial charge is 0.328 e. The molecule has 0 fully saturated rings. The van der Waals surface area contributed by atoms with Crippen LogP contribution in [0.4, 0.5) is 5.69 Å². The van der Waals surface area contributed by atoms with Crippen molar-refractivity contribution in [3.63, 3.8) is 0 Å². The highest BCUT2D eigenvalue weighted by molar-refractivity contribution is 5.89. The van der Waals surface area contributed by atoms with E-state index < -0.39 is 11.9 Å². The maximum Gasteiger partial charge on any atom is 0.328 e. The second-order valence-electron chi connectivity index (χ2n) is 7.55. The van der Waals surface area contributed by atoms with E-state index in [0.29, 0.717) is 12.2 Å². The average Bonchev–Trinajstić information content (AvgIpc) is 2.92. The fourth-order valence-corrected chi connectivity index (χ4v) is 3.73. The van der Waals surface area contributed by atoms with Crippen LogP contribution in [-0.4, -0.2) is 54.9 Å². The maximum atomic E-state index is 9.55. The van der Waals surface area contributed by atoms with E-state index in [1.807, 2.05) is 0 Å². The lowest BCUT2D eigenvalue weighted by atomic mass is 9.94. The first-order valence-electron chi connectivity index (χ1n) is 10.2. The van der Waals surface area contributed by atoms with E-state index in [0.717, 1.165) is 57.3 Å². The van der Waals surface area contributed by atoms with Gasteiger partial charge in [0.2, 0.25) is 0 Å². The predicted molar refractivity (Wildman–Crippen MR) is 113 cm³/mol. The third-order valence-electron chi connectivity index (χ3n) is 5.39. The topological polar surface area (TPSA) is 99.1 Å². The van der Waals surface area contributed by atoms with E-state index >= 15 is 0 Å². The Balaban J connectivity index is 0.000000321. The molecule has 0 aromatic heterocycles. The molecule has 1 atom stereocenters. The van der Waals surface area contributed by atoms with Gasteiger partial charge >= 0.3 is 11.9 Å². The molecule has 1 unspecified atom stereocenters. The number of aliphatic carboxylic acids is 2. The Morgan fingerprint density at radius 1 is 1.24 bits per heavy atom. The van der Waals surface area contributed by atoms with Gasteiger partial charge in [0, 0.05) is 18.7 Å². The largest absolute Gasteiger partial charge is 0.490 e. The number of ether oxygens (including phenoxy) is 1. The van der Waals surface area contributed by atoms with Crippen LogP contribution in [0.15, 0.2) is 18.2 Å². The standard InChI is InChI=1S/C18H28N2O.C4H4O4/c1-4-13(2)12-20-9-10-21-17-11-15-5-7-19-8-6-16(15)14(3)18(17)20;5-3(6)1-2-4(7)8/h11,13,19H,4-10,12H2,1-3H3;1-2H,(H,5,6)(H,7,8)/b;2-1+. The molecule has 0 amide bonds. The van der Waals surface area contributed by atoms with Crippen LogP contribution in [0.25, 0.3) is 0 Å². The molecule has 0 aliphatic carbocycles. The molecule has 2 aliphatic rings. The Morgan fingerprint density at radius 3 is 2.52 bits per heavy atom. The van der Waals surface area contributed by atoms with Gasteiger partial charge in [0.05, 0.1) is 12.2 Å². The number of carboxylic acid groups (broad SMARTS) is 2. The molecule has 0 spiro atoms. The van der Waals surface area contributed by atoms with Crippen molar-refractivity contribution in [3.05, 3.63) is 34.9 Å². The lowest BCUT2D eigenvalue weighted by Crippen LogP contribution is -2.36. The van der Waals surface area contributed by atoms with Crippen LogP contribution < -0.4 is 15.0 Å². The Morgan fingerprint density at radius 2 is 1.90 bits per heavy atom. The number of nitrogens with one attached hydrogen (secondary N) is 1. The molecule has 0 radical (unpaired) electrons. The number of hydrogen-bond acceptors (Lipinski definition) is 5. The molecule has 7 heteroatoms. The van der Waals surface area contributed by atoms with Crippen LogP contribution in [0.5, 0.6) is 5.75 Å². The second-order valence-corrected chi connectivity index (χ2v) is 7.55. The first-order chi connectivity index (χ1) is 13.8. The fraction of sp³-hybridized carbons (Fsp3) is 0.545. The Hall–Kier alpha value is -2.54. The van der Waals surface area contributed by atoms with Gasteiger partial charge in [-0.2, -0.15) is 0 Å². The molecule has 2 aliphatic heterocycles. The molecule has 3 rings (SSSR count). The van der Waals surface area contributed by atoms with E-state index in [-0.39, 0.29) is 0 Å². The Labute approximate surface area is 172 Å². The molecule has 0 saturated carbocycles. The molecule has 3 N–H and O–H groups in total. The van der Waals surface area contributed by atoms with E-state index in [1.165, 1.54) is 23.2 Å². The highest BCUT2D eigenvalue weighted by Gasteiger charge is 2.25. The zero-order valence-electron chi connectivity index (χ0n) is 17.5. The van der Waals surface area contributed by atoms with Gasteiger partial charge in [-0.1, -0.05) is 20.3 Å². The average molecular weight is 405 g/mol. The summed E-state index contributed by atoms with van der Waals surface area (Å²) in [5, 5.41) is 19.1. The number of carbonyl (C=O) groups is 2. The monoisotopic (exact) mass is 404 g/mol. The molecule has 29 heavy (non-hydrogen) atoms. The summed E-state index contributed by atoms with van der Waals surface area (Å²) in [5.74, 6) is -0.668. The lowest BCUT2D eigenvalue weighted by Gasteiger charge is -2.35. The van der Waals surface area contributed by atoms with Crippen LogP contribution >= 0.6 is 0 Å². The van der Waals surface area contributed by atoms with E-state index in [1.54, 1.807) is 5.56 Å². The summed E-state index contributed by atoms with van der Waals surface area (Å²) in [6.45, 7) is 12.1. The summed E-state index contributed by atoms with van der Waals surface area (Å²) < 4.78 is 5.99. The van der Waals surface area contributed by atoms with Crippen molar-refractivity contribution < 1.29 is 24.5 Å². The minimum Gasteiger partial charge on any atom is -0.490 e. The van der Waals surface area contributed by atoms with Crippen LogP contribution in [0.3, 0.4) is 0 Å². The SMILES string of the molecule is CCC(C)CN1CCOc2cc3c(c(C)c21)CCNCC3.O=C(O)/C=C/C(=O)O. The van der Waals surface area contributed by atoms with Crippen molar-refractivity contribution in [3.8, 4) is 5.75 Å². The Kier molecular flexibility index (Phi) is 8.51. The molecule has 160 valence electrons. The predicted octanol–water partition coefficient (Wildman–Crippen LogP) is 2.64. The lowest BCUT2D eigenvalue weighted by molar-refractivity contribution is -0.134. The third-order valence-corrected chi connectivity index (χ3v) is 5.39.